The Morgan fingerprint density at radius 3 is 0.645 bits per heavy atom. The topological polar surface area (TPSA) is 215 Å². The minimum atomic E-state index is -5.17. The summed E-state index contributed by atoms with van der Waals surface area (Å²) in [6.07, 6.45) is 3.68. The van der Waals surface area contributed by atoms with Crippen molar-refractivity contribution in [3.63, 3.8) is 0 Å². The maximum Gasteiger partial charge on any atom is 0.277 e. The van der Waals surface area contributed by atoms with Crippen LogP contribution in [0, 0.1) is 0 Å². The molecule has 25 heteroatoms. The third-order valence-electron chi connectivity index (χ3n) is 15.1. The highest BCUT2D eigenvalue weighted by atomic mass is 79.9. The lowest BCUT2D eigenvalue weighted by molar-refractivity contribution is 0.479. The van der Waals surface area contributed by atoms with Crippen molar-refractivity contribution in [2.45, 2.75) is 74.8 Å². The molecule has 0 heterocycles. The van der Waals surface area contributed by atoms with Gasteiger partial charge in [0.2, 0.25) is 0 Å². The summed E-state index contributed by atoms with van der Waals surface area (Å²) in [4.78, 5) is -3.02. The fourth-order valence-corrected chi connectivity index (χ4v) is 22.3. The van der Waals surface area contributed by atoms with Gasteiger partial charge in [-0.15, -0.1) is 0 Å². The number of nitrogens with zero attached hydrogens (tertiary/aromatic N) is 3. The highest BCUT2D eigenvalue weighted by Gasteiger charge is 2.41. The van der Waals surface area contributed by atoms with E-state index in [-0.39, 0.29) is 17.6 Å². The lowest BCUT2D eigenvalue weighted by atomic mass is 10.1. The van der Waals surface area contributed by atoms with Crippen molar-refractivity contribution >= 4 is 135 Å². The molecule has 0 N–H and O–H groups in total. The fraction of sp³-hybridized carbons (Fsp3) is 0.118. The number of unbranched alkanes of at least 4 members (excludes halogenated alkanes) is 5. The molecule has 0 spiro atoms. The van der Waals surface area contributed by atoms with Gasteiger partial charge in [-0.25, -0.2) is 50.5 Å². The van der Waals surface area contributed by atoms with Crippen molar-refractivity contribution in [1.29, 1.82) is 0 Å². The summed E-state index contributed by atoms with van der Waals surface area (Å²) in [6.45, 7) is 1.42. The molecule has 0 aliphatic carbocycles. The Morgan fingerprint density at radius 2 is 0.419 bits per heavy atom. The van der Waals surface area contributed by atoms with E-state index < -0.39 is 107 Å². The number of benzene rings is 10. The molecule has 0 aliphatic rings. The van der Waals surface area contributed by atoms with Crippen LogP contribution in [0.1, 0.15) is 45.4 Å². The molecular weight excluding hydrogens is 1560 g/mol. The number of hydrogen-bond donors (Lipinski definition) is 0. The highest BCUT2D eigenvalue weighted by molar-refractivity contribution is 9.11. The van der Waals surface area contributed by atoms with Gasteiger partial charge in [-0.2, -0.15) is 7.42 Å². The van der Waals surface area contributed by atoms with Crippen molar-refractivity contribution in [3.8, 4) is 44.5 Å². The Labute approximate surface area is 577 Å². The van der Waals surface area contributed by atoms with Crippen molar-refractivity contribution < 1.29 is 50.5 Å². The van der Waals surface area contributed by atoms with Crippen molar-refractivity contribution in [1.82, 2.24) is 3.71 Å². The average Bonchev–Trinajstić information content (AvgIpc) is 0.754. The van der Waals surface area contributed by atoms with Gasteiger partial charge in [-0.3, -0.25) is 0 Å². The van der Waals surface area contributed by atoms with Crippen LogP contribution in [-0.2, 0) is 60.1 Å². The summed E-state index contributed by atoms with van der Waals surface area (Å²) < 4.78 is 184. The molecule has 0 aromatic heterocycles. The normalized spacial score (nSPS) is 12.4. The zero-order valence-corrected chi connectivity index (χ0v) is 60.5. The van der Waals surface area contributed by atoms with E-state index in [2.05, 4.69) is 63.7 Å². The molecule has 0 atom stereocenters. The lowest BCUT2D eigenvalue weighted by Crippen LogP contribution is -2.38. The summed E-state index contributed by atoms with van der Waals surface area (Å²) >= 11 is 13.6. The number of rotatable bonds is 25. The zero-order valence-electron chi connectivity index (χ0n) is 49.2. The van der Waals surface area contributed by atoms with Gasteiger partial charge < -0.3 is 0 Å². The van der Waals surface area contributed by atoms with E-state index in [1.807, 2.05) is 104 Å². The lowest BCUT2D eigenvalue weighted by Gasteiger charge is -2.26. The molecule has 0 radical (unpaired) electrons. The predicted molar refractivity (Wildman–Crippen MR) is 379 cm³/mol. The molecule has 0 bridgehead atoms. The van der Waals surface area contributed by atoms with Crippen molar-refractivity contribution in [3.05, 3.63) is 261 Å². The first-order valence-corrected chi connectivity index (χ1v) is 40.6. The number of sulfonamides is 6. The smallest absolute Gasteiger partial charge is 0.206 e. The van der Waals surface area contributed by atoms with Crippen LogP contribution in [0.25, 0.3) is 44.5 Å². The quantitative estimate of drug-likeness (QED) is 0.0489. The van der Waals surface area contributed by atoms with Crippen LogP contribution in [0.3, 0.4) is 0 Å². The molecule has 10 aromatic rings. The van der Waals surface area contributed by atoms with Crippen LogP contribution >= 0.6 is 63.7 Å². The maximum absolute atomic E-state index is 15.1. The van der Waals surface area contributed by atoms with Gasteiger partial charge in [0, 0.05) is 24.4 Å². The van der Waals surface area contributed by atoms with Crippen molar-refractivity contribution in [2.75, 3.05) is 14.0 Å². The summed E-state index contributed by atoms with van der Waals surface area (Å²) in [6, 6.07) is 58.6. The second kappa shape index (κ2) is 28.8. The van der Waals surface area contributed by atoms with Crippen LogP contribution in [0.15, 0.2) is 290 Å². The predicted octanol–water partition coefficient (Wildman–Crippen LogP) is 17.3. The zero-order chi connectivity index (χ0) is 66.5. The van der Waals surface area contributed by atoms with Gasteiger partial charge in [0.25, 0.3) is 60.1 Å². The monoisotopic (exact) mass is 1610 g/mol. The van der Waals surface area contributed by atoms with Gasteiger partial charge in [0.05, 0.1) is 40.7 Å². The second-order valence-electron chi connectivity index (χ2n) is 21.3. The Balaban J connectivity index is 1.02. The van der Waals surface area contributed by atoms with Gasteiger partial charge in [0.1, 0.15) is 0 Å². The van der Waals surface area contributed by atoms with Gasteiger partial charge in [-0.05, 0) is 197 Å². The molecular formula is C68H57Br4N3O12S6. The molecule has 0 amide bonds. The first-order chi connectivity index (χ1) is 44.2. The molecule has 0 aliphatic heterocycles. The van der Waals surface area contributed by atoms with E-state index in [0.717, 1.165) is 108 Å². The average molecular weight is 1620 g/mol. The fourth-order valence-electron chi connectivity index (χ4n) is 10.1. The molecule has 0 saturated carbocycles. The van der Waals surface area contributed by atoms with Crippen LogP contribution in [0.4, 0.5) is 11.4 Å². The molecule has 15 nitrogen and oxygen atoms in total. The van der Waals surface area contributed by atoms with Crippen molar-refractivity contribution in [2.24, 2.45) is 0 Å². The third kappa shape index (κ3) is 15.2. The van der Waals surface area contributed by atoms with E-state index in [9.17, 15) is 33.7 Å². The van der Waals surface area contributed by atoms with E-state index in [1.165, 1.54) is 97.1 Å². The first-order valence-electron chi connectivity index (χ1n) is 28.8. The van der Waals surface area contributed by atoms with Gasteiger partial charge >= 0.3 is 0 Å². The number of hydrogen-bond acceptors (Lipinski definition) is 12. The minimum absolute atomic E-state index is 0.0509. The Morgan fingerprint density at radius 1 is 0.237 bits per heavy atom. The molecule has 480 valence electrons. The number of halogens is 4. The van der Waals surface area contributed by atoms with E-state index >= 15 is 16.8 Å². The summed E-state index contributed by atoms with van der Waals surface area (Å²) in [5.74, 6) is 0. The molecule has 0 fully saturated rings. The summed E-state index contributed by atoms with van der Waals surface area (Å²) in [5, 5.41) is 0. The summed E-state index contributed by atoms with van der Waals surface area (Å²) in [5.41, 5.74) is 4.44. The van der Waals surface area contributed by atoms with E-state index in [1.54, 1.807) is 0 Å². The van der Waals surface area contributed by atoms with E-state index in [4.69, 9.17) is 0 Å². The highest BCUT2D eigenvalue weighted by Crippen LogP contribution is 2.38. The van der Waals surface area contributed by atoms with Crippen LogP contribution < -0.4 is 7.42 Å². The van der Waals surface area contributed by atoms with Gasteiger partial charge in [-0.1, -0.05) is 204 Å². The molecule has 0 saturated heterocycles. The largest absolute Gasteiger partial charge is 0.277 e. The van der Waals surface area contributed by atoms with Gasteiger partial charge in [0.15, 0.2) is 0 Å². The van der Waals surface area contributed by atoms with Crippen LogP contribution in [-0.4, -0.2) is 60.8 Å². The molecule has 10 aromatic carbocycles. The van der Waals surface area contributed by atoms with Crippen LogP contribution in [0.2, 0.25) is 0 Å². The number of anilines is 2. The second-order valence-corrected chi connectivity index (χ2v) is 36.5. The first kappa shape index (κ1) is 69.2. The third-order valence-corrected chi connectivity index (χ3v) is 30.0. The standard InChI is InChI=1S/C68H57Br4N3O12S6/c1-2-3-4-5-6-7-48-73(88(76,77)63-44-32-61(33-45-63)74(90(80,81)65-36-16-53(17-37-65)49-8-24-57(69)25-9-49)91(82,83)66-38-18-54(19-39-66)50-10-26-58(70)27-11-50)89(78,79)64-46-34-62(35-47-64)75(92(84,85)67-40-20-55(21-41-67)51-12-28-59(71)29-13-51)93(86,87)68-42-22-56(23-43-68)52-14-30-60(72)31-15-52/h8-47H,2-7,48H2,1H3. The van der Waals surface area contributed by atoms with E-state index in [0.29, 0.717) is 35.1 Å². The summed E-state index contributed by atoms with van der Waals surface area (Å²) in [7, 11) is -30.6. The molecule has 93 heavy (non-hydrogen) atoms. The molecule has 10 rings (SSSR count). The molecule has 0 unspecified atom stereocenters. The SMILES string of the molecule is CCCCCCCCN(S(=O)(=O)c1ccc(N(S(=O)(=O)c2ccc(-c3ccc(Br)cc3)cc2)S(=O)(=O)c2ccc(-c3ccc(Br)cc3)cc2)cc1)S(=O)(=O)c1ccc(N(S(=O)(=O)c2ccc(-c3ccc(Br)cc3)cc2)S(=O)(=O)c2ccc(-c3ccc(Br)cc3)cc2)cc1. The Hall–Kier alpha value is -6.62. The Kier molecular flexibility index (Phi) is 21.4. The maximum atomic E-state index is 15.1. The Bertz CT molecular complexity index is 4470. The minimum Gasteiger partial charge on any atom is -0.206 e. The van der Waals surface area contributed by atoms with Crippen LogP contribution in [0.5, 0.6) is 0 Å².